The first-order chi connectivity index (χ1) is 10.9. The topological polar surface area (TPSA) is 80.6 Å². The van der Waals surface area contributed by atoms with Crippen molar-refractivity contribution < 1.29 is 8.78 Å². The molecule has 0 aliphatic rings. The first kappa shape index (κ1) is 15.1. The highest BCUT2D eigenvalue weighted by Gasteiger charge is 2.17. The third-order valence-electron chi connectivity index (χ3n) is 3.67. The van der Waals surface area contributed by atoms with Crippen molar-refractivity contribution in [3.8, 4) is 0 Å². The highest BCUT2D eigenvalue weighted by atomic mass is 19.2. The first-order valence-corrected chi connectivity index (χ1v) is 7.00. The molecule has 118 valence electrons. The molecule has 3 N–H and O–H groups in total. The summed E-state index contributed by atoms with van der Waals surface area (Å²) in [6.07, 6.45) is 0. The number of nitrogen functional groups attached to an aromatic ring is 1. The number of nitrogens with two attached hydrogens (primary N) is 1. The second kappa shape index (κ2) is 5.42. The van der Waals surface area contributed by atoms with Gasteiger partial charge in [0.25, 0.3) is 0 Å². The molecular formula is C16H15F2N5. The maximum Gasteiger partial charge on any atom is 0.164 e. The van der Waals surface area contributed by atoms with E-state index in [1.807, 2.05) is 6.92 Å². The van der Waals surface area contributed by atoms with Crippen molar-refractivity contribution in [2.75, 3.05) is 0 Å². The molecule has 1 aromatic carbocycles. The van der Waals surface area contributed by atoms with Crippen LogP contribution in [0.3, 0.4) is 0 Å². The van der Waals surface area contributed by atoms with Crippen LogP contribution in [0.25, 0.3) is 11.0 Å². The van der Waals surface area contributed by atoms with Gasteiger partial charge in [-0.25, -0.2) is 18.4 Å². The fourth-order valence-corrected chi connectivity index (χ4v) is 2.43. The summed E-state index contributed by atoms with van der Waals surface area (Å²) in [5, 5.41) is 12.5. The Morgan fingerprint density at radius 3 is 2.61 bits per heavy atom. The number of nitrogens with one attached hydrogen (secondary N) is 1. The number of aromatic nitrogens is 3. The van der Waals surface area contributed by atoms with Crippen LogP contribution < -0.4 is 5.73 Å². The molecular weight excluding hydrogens is 300 g/mol. The highest BCUT2D eigenvalue weighted by molar-refractivity contribution is 6.04. The molecule has 7 heteroatoms. The van der Waals surface area contributed by atoms with Crippen LogP contribution in [0.2, 0.25) is 0 Å². The van der Waals surface area contributed by atoms with Crippen molar-refractivity contribution in [2.24, 2.45) is 5.73 Å². The summed E-state index contributed by atoms with van der Waals surface area (Å²) in [6.45, 7) is 3.32. The fraction of sp³-hybridized carbons (Fsp3) is 0.188. The van der Waals surface area contributed by atoms with Crippen LogP contribution >= 0.6 is 0 Å². The molecule has 23 heavy (non-hydrogen) atoms. The highest BCUT2D eigenvalue weighted by Crippen LogP contribution is 2.21. The summed E-state index contributed by atoms with van der Waals surface area (Å²) in [6, 6.07) is 6.59. The molecule has 0 saturated carbocycles. The van der Waals surface area contributed by atoms with E-state index in [0.717, 1.165) is 5.69 Å². The number of pyridine rings is 1. The number of amidine groups is 1. The number of benzene rings is 1. The van der Waals surface area contributed by atoms with Crippen molar-refractivity contribution in [2.45, 2.75) is 20.4 Å². The van der Waals surface area contributed by atoms with Gasteiger partial charge in [-0.15, -0.1) is 0 Å². The number of hydrogen-bond acceptors (Lipinski definition) is 3. The zero-order valence-corrected chi connectivity index (χ0v) is 12.7. The predicted octanol–water partition coefficient (Wildman–Crippen LogP) is 2.66. The molecule has 0 bridgehead atoms. The number of nitrogens with zero attached hydrogens (tertiary/aromatic N) is 3. The Morgan fingerprint density at radius 2 is 1.91 bits per heavy atom. The van der Waals surface area contributed by atoms with E-state index in [9.17, 15) is 8.78 Å². The first-order valence-electron chi connectivity index (χ1n) is 7.00. The average molecular weight is 315 g/mol. The van der Waals surface area contributed by atoms with E-state index in [0.29, 0.717) is 11.0 Å². The molecule has 0 atom stereocenters. The molecule has 0 unspecified atom stereocenters. The minimum Gasteiger partial charge on any atom is -0.382 e. The molecule has 0 aliphatic heterocycles. The number of hydrogen-bond donors (Lipinski definition) is 2. The zero-order valence-electron chi connectivity index (χ0n) is 12.7. The maximum atomic E-state index is 14.1. The Morgan fingerprint density at radius 1 is 1.17 bits per heavy atom. The maximum absolute atomic E-state index is 14.1. The van der Waals surface area contributed by atoms with Crippen molar-refractivity contribution in [3.63, 3.8) is 0 Å². The molecule has 2 heterocycles. The normalized spacial score (nSPS) is 11.1. The molecule has 0 saturated heterocycles. The molecule has 2 aromatic heterocycles. The third-order valence-corrected chi connectivity index (χ3v) is 3.67. The van der Waals surface area contributed by atoms with Gasteiger partial charge < -0.3 is 5.73 Å². The van der Waals surface area contributed by atoms with Crippen LogP contribution in [-0.4, -0.2) is 20.6 Å². The lowest BCUT2D eigenvalue weighted by atomic mass is 10.1. The number of aryl methyl sites for hydroxylation is 2. The second-order valence-corrected chi connectivity index (χ2v) is 5.41. The van der Waals surface area contributed by atoms with E-state index in [1.165, 1.54) is 23.7 Å². The van der Waals surface area contributed by atoms with Crippen LogP contribution in [0.5, 0.6) is 0 Å². The molecule has 0 fully saturated rings. The standard InChI is InChI=1S/C16H15F2N5/c1-8-3-5-10(13(18)12(8)17)7-23-16-11(6-4-9(2)21-16)14(22-23)15(19)20/h3-6H,7H2,1-2H3,(H3,19,20). The average Bonchev–Trinajstić information content (AvgIpc) is 2.86. The third kappa shape index (κ3) is 2.54. The molecule has 3 rings (SSSR count). The summed E-state index contributed by atoms with van der Waals surface area (Å²) in [7, 11) is 0. The van der Waals surface area contributed by atoms with Gasteiger partial charge in [-0.05, 0) is 31.5 Å². The van der Waals surface area contributed by atoms with Crippen LogP contribution in [-0.2, 0) is 6.54 Å². The van der Waals surface area contributed by atoms with Gasteiger partial charge in [0, 0.05) is 11.3 Å². The molecule has 0 amide bonds. The van der Waals surface area contributed by atoms with E-state index in [-0.39, 0.29) is 29.2 Å². The summed E-state index contributed by atoms with van der Waals surface area (Å²) in [5.74, 6) is -1.96. The smallest absolute Gasteiger partial charge is 0.164 e. The molecule has 0 radical (unpaired) electrons. The quantitative estimate of drug-likeness (QED) is 0.576. The van der Waals surface area contributed by atoms with Crippen molar-refractivity contribution in [1.29, 1.82) is 5.41 Å². The van der Waals surface area contributed by atoms with Crippen LogP contribution in [0.4, 0.5) is 8.78 Å². The Hall–Kier alpha value is -2.83. The van der Waals surface area contributed by atoms with Gasteiger partial charge in [0.2, 0.25) is 0 Å². The van der Waals surface area contributed by atoms with Gasteiger partial charge in [-0.2, -0.15) is 5.10 Å². The molecule has 0 spiro atoms. The monoisotopic (exact) mass is 315 g/mol. The number of rotatable bonds is 3. The van der Waals surface area contributed by atoms with Gasteiger partial charge in [0.1, 0.15) is 11.5 Å². The van der Waals surface area contributed by atoms with Crippen LogP contribution in [0.1, 0.15) is 22.5 Å². The summed E-state index contributed by atoms with van der Waals surface area (Å²) < 4.78 is 29.3. The molecule has 0 aliphatic carbocycles. The van der Waals surface area contributed by atoms with Crippen molar-refractivity contribution >= 4 is 16.9 Å². The molecule has 5 nitrogen and oxygen atoms in total. The summed E-state index contributed by atoms with van der Waals surface area (Å²) in [5.41, 5.74) is 7.47. The Labute approximate surface area is 131 Å². The van der Waals surface area contributed by atoms with Gasteiger partial charge in [-0.3, -0.25) is 5.41 Å². The van der Waals surface area contributed by atoms with Crippen LogP contribution in [0, 0.1) is 30.9 Å². The van der Waals surface area contributed by atoms with Crippen molar-refractivity contribution in [1.82, 2.24) is 14.8 Å². The summed E-state index contributed by atoms with van der Waals surface area (Å²) >= 11 is 0. The van der Waals surface area contributed by atoms with E-state index in [1.54, 1.807) is 12.1 Å². The SMILES string of the molecule is Cc1ccc2c(C(=N)N)nn(Cc3ccc(C)c(F)c3F)c2n1. The Kier molecular flexibility index (Phi) is 3.55. The van der Waals surface area contributed by atoms with Gasteiger partial charge in [0.05, 0.1) is 11.9 Å². The fourth-order valence-electron chi connectivity index (χ4n) is 2.43. The van der Waals surface area contributed by atoms with E-state index in [4.69, 9.17) is 11.1 Å². The lowest BCUT2D eigenvalue weighted by Crippen LogP contribution is -2.13. The largest absolute Gasteiger partial charge is 0.382 e. The molecule has 3 aromatic rings. The number of fused-ring (bicyclic) bond motifs is 1. The van der Waals surface area contributed by atoms with E-state index in [2.05, 4.69) is 10.1 Å². The predicted molar refractivity (Wildman–Crippen MR) is 83.5 cm³/mol. The van der Waals surface area contributed by atoms with E-state index >= 15 is 0 Å². The Bertz CT molecular complexity index is 930. The van der Waals surface area contributed by atoms with Gasteiger partial charge in [-0.1, -0.05) is 12.1 Å². The second-order valence-electron chi connectivity index (χ2n) is 5.41. The van der Waals surface area contributed by atoms with Crippen molar-refractivity contribution in [3.05, 3.63) is 58.4 Å². The minimum absolute atomic E-state index is 0.00324. The lowest BCUT2D eigenvalue weighted by Gasteiger charge is -2.07. The zero-order chi connectivity index (χ0) is 16.7. The number of halogens is 2. The minimum atomic E-state index is -0.898. The van der Waals surface area contributed by atoms with Gasteiger partial charge >= 0.3 is 0 Å². The van der Waals surface area contributed by atoms with E-state index < -0.39 is 11.6 Å². The lowest BCUT2D eigenvalue weighted by molar-refractivity contribution is 0.488. The summed E-state index contributed by atoms with van der Waals surface area (Å²) in [4.78, 5) is 4.38. The van der Waals surface area contributed by atoms with Gasteiger partial charge in [0.15, 0.2) is 17.3 Å². The van der Waals surface area contributed by atoms with Crippen LogP contribution in [0.15, 0.2) is 24.3 Å². The Balaban J connectivity index is 2.15.